The highest BCUT2D eigenvalue weighted by Crippen LogP contribution is 2.44. The number of rotatable bonds is 2. The maximum Gasteiger partial charge on any atom is 0.136 e. The molecule has 90 valence electrons. The molecule has 0 N–H and O–H groups in total. The zero-order valence-corrected chi connectivity index (χ0v) is 10.3. The monoisotopic (exact) mass is 244 g/mol. The van der Waals surface area contributed by atoms with Gasteiger partial charge in [-0.2, -0.15) is 0 Å². The highest BCUT2D eigenvalue weighted by Gasteiger charge is 2.18. The van der Waals surface area contributed by atoms with E-state index in [0.29, 0.717) is 0 Å². The Morgan fingerprint density at radius 1 is 0.842 bits per heavy atom. The van der Waals surface area contributed by atoms with Crippen molar-refractivity contribution in [2.24, 2.45) is 0 Å². The third-order valence-electron chi connectivity index (χ3n) is 2.77. The molecule has 2 radical (unpaired) electrons. The molecule has 0 amide bonds. The van der Waals surface area contributed by atoms with Crippen molar-refractivity contribution < 1.29 is 4.74 Å². The van der Waals surface area contributed by atoms with Crippen LogP contribution in [0.5, 0.6) is 11.5 Å². The smallest absolute Gasteiger partial charge is 0.136 e. The van der Waals surface area contributed by atoms with Crippen LogP contribution in [0.15, 0.2) is 72.8 Å². The molecule has 2 aromatic carbocycles. The second-order valence-corrected chi connectivity index (χ2v) is 4.12. The van der Waals surface area contributed by atoms with Gasteiger partial charge in [-0.05, 0) is 42.0 Å². The van der Waals surface area contributed by atoms with E-state index in [1.165, 1.54) is 5.56 Å². The van der Waals surface area contributed by atoms with Gasteiger partial charge >= 0.3 is 0 Å². The second kappa shape index (κ2) is 5.40. The average molecular weight is 244 g/mol. The lowest BCUT2D eigenvalue weighted by Crippen LogP contribution is -1.96. The van der Waals surface area contributed by atoms with Gasteiger partial charge in [0, 0.05) is 5.56 Å². The van der Waals surface area contributed by atoms with Crippen LogP contribution < -0.4 is 4.74 Å². The summed E-state index contributed by atoms with van der Waals surface area (Å²) in [6, 6.07) is 29.4. The molecule has 1 nitrogen and oxygen atoms in total. The number of hydrogen-bond donors (Lipinski definition) is 0. The Morgan fingerprint density at radius 2 is 1.58 bits per heavy atom. The first-order chi connectivity index (χ1) is 9.43. The van der Waals surface area contributed by atoms with Gasteiger partial charge in [-0.3, -0.25) is 0 Å². The summed E-state index contributed by atoms with van der Waals surface area (Å²) in [5.74, 6) is 1.82. The fraction of sp³-hybridized carbons (Fsp3) is 0. The lowest BCUT2D eigenvalue weighted by Gasteiger charge is -2.20. The van der Waals surface area contributed by atoms with Crippen molar-refractivity contribution in [2.75, 3.05) is 0 Å². The van der Waals surface area contributed by atoms with Crippen molar-refractivity contribution >= 4 is 0 Å². The standard InChI is InChI=1S/C12H7O.C6H5/c1-2-4-10(5-3-1)13-12-8-9-6-7-11(9)12;1-2-4-6-5-3-1/h1-6,8H;1-5H. The van der Waals surface area contributed by atoms with Crippen LogP contribution in [-0.2, 0) is 0 Å². The van der Waals surface area contributed by atoms with Crippen molar-refractivity contribution in [1.29, 1.82) is 0 Å². The lowest BCUT2D eigenvalue weighted by molar-refractivity contribution is 0.480. The van der Waals surface area contributed by atoms with Gasteiger partial charge in [-0.25, -0.2) is 0 Å². The van der Waals surface area contributed by atoms with Crippen LogP contribution in [0.4, 0.5) is 0 Å². The Bertz CT molecular complexity index is 612. The van der Waals surface area contributed by atoms with Gasteiger partial charge in [0.1, 0.15) is 11.5 Å². The molecule has 0 unspecified atom stereocenters. The average Bonchev–Trinajstić information content (AvgIpc) is 2.47. The number of benzene rings is 3. The molecule has 0 saturated carbocycles. The largest absolute Gasteiger partial charge is 0.457 e. The van der Waals surface area contributed by atoms with Crippen molar-refractivity contribution in [2.45, 2.75) is 0 Å². The molecule has 2 aromatic rings. The summed E-state index contributed by atoms with van der Waals surface area (Å²) in [5, 5.41) is 0. The molecular formula is C18H12O. The normalized spacial score (nSPS) is 10.1. The maximum atomic E-state index is 5.60. The van der Waals surface area contributed by atoms with E-state index in [9.17, 15) is 0 Å². The molecule has 0 atom stereocenters. The first-order valence-electron chi connectivity index (χ1n) is 6.13. The second-order valence-electron chi connectivity index (χ2n) is 4.12. The molecule has 0 bridgehead atoms. The van der Waals surface area contributed by atoms with Crippen LogP contribution >= 0.6 is 0 Å². The van der Waals surface area contributed by atoms with Crippen molar-refractivity contribution in [3.63, 3.8) is 0 Å². The Morgan fingerprint density at radius 3 is 2.00 bits per heavy atom. The molecule has 2 aliphatic rings. The molecule has 0 aliphatic heterocycles. The summed E-state index contributed by atoms with van der Waals surface area (Å²) >= 11 is 0. The van der Waals surface area contributed by atoms with E-state index in [4.69, 9.17) is 4.74 Å². The Hall–Kier alpha value is -2.54. The van der Waals surface area contributed by atoms with Gasteiger partial charge in [0.25, 0.3) is 0 Å². The number of para-hydroxylation sites is 1. The van der Waals surface area contributed by atoms with Gasteiger partial charge in [-0.1, -0.05) is 48.5 Å². The van der Waals surface area contributed by atoms with E-state index in [1.54, 1.807) is 0 Å². The fourth-order valence-corrected chi connectivity index (χ4v) is 1.73. The van der Waals surface area contributed by atoms with Crippen LogP contribution in [0.25, 0.3) is 11.1 Å². The van der Waals surface area contributed by atoms with Gasteiger partial charge in [0.05, 0.1) is 0 Å². The van der Waals surface area contributed by atoms with Crippen LogP contribution in [-0.4, -0.2) is 0 Å². The molecule has 0 heterocycles. The quantitative estimate of drug-likeness (QED) is 0.494. The van der Waals surface area contributed by atoms with E-state index >= 15 is 0 Å². The van der Waals surface area contributed by atoms with Gasteiger partial charge in [0.2, 0.25) is 0 Å². The van der Waals surface area contributed by atoms with E-state index in [0.717, 1.165) is 17.1 Å². The number of ether oxygens (including phenoxy) is 1. The van der Waals surface area contributed by atoms with Gasteiger partial charge in [-0.15, -0.1) is 0 Å². The van der Waals surface area contributed by atoms with E-state index in [1.807, 2.05) is 72.8 Å². The van der Waals surface area contributed by atoms with Crippen molar-refractivity contribution in [1.82, 2.24) is 0 Å². The molecule has 0 fully saturated rings. The summed E-state index contributed by atoms with van der Waals surface area (Å²) in [4.78, 5) is 0. The molecule has 0 spiro atoms. The zero-order chi connectivity index (χ0) is 12.9. The molecular weight excluding hydrogens is 232 g/mol. The minimum Gasteiger partial charge on any atom is -0.457 e. The van der Waals surface area contributed by atoms with E-state index < -0.39 is 0 Å². The summed E-state index contributed by atoms with van der Waals surface area (Å²) in [6.45, 7) is 0. The van der Waals surface area contributed by atoms with E-state index in [2.05, 4.69) is 12.1 Å². The predicted octanol–water partition coefficient (Wildman–Crippen LogP) is 4.75. The van der Waals surface area contributed by atoms with Crippen LogP contribution in [0.2, 0.25) is 0 Å². The van der Waals surface area contributed by atoms with Crippen LogP contribution in [0, 0.1) is 12.1 Å². The summed E-state index contributed by atoms with van der Waals surface area (Å²) < 4.78 is 5.60. The Labute approximate surface area is 113 Å². The molecule has 1 heteroatoms. The Kier molecular flexibility index (Phi) is 3.28. The van der Waals surface area contributed by atoms with Gasteiger partial charge < -0.3 is 4.74 Å². The first kappa shape index (κ1) is 11.5. The van der Waals surface area contributed by atoms with Crippen molar-refractivity contribution in [3.05, 3.63) is 84.9 Å². The van der Waals surface area contributed by atoms with Crippen molar-refractivity contribution in [3.8, 4) is 22.6 Å². The Balaban J connectivity index is 0.000000155. The highest BCUT2D eigenvalue weighted by atomic mass is 16.5. The lowest BCUT2D eigenvalue weighted by atomic mass is 9.92. The predicted molar refractivity (Wildman–Crippen MR) is 76.1 cm³/mol. The van der Waals surface area contributed by atoms with Crippen LogP contribution in [0.3, 0.4) is 0 Å². The molecule has 0 saturated heterocycles. The first-order valence-corrected chi connectivity index (χ1v) is 6.13. The topological polar surface area (TPSA) is 9.23 Å². The summed E-state index contributed by atoms with van der Waals surface area (Å²) in [7, 11) is 0. The third kappa shape index (κ3) is 2.66. The summed E-state index contributed by atoms with van der Waals surface area (Å²) in [6.07, 6.45) is 0. The molecule has 0 aromatic heterocycles. The third-order valence-corrected chi connectivity index (χ3v) is 2.77. The zero-order valence-electron chi connectivity index (χ0n) is 10.3. The van der Waals surface area contributed by atoms with Crippen LogP contribution in [0.1, 0.15) is 0 Å². The minimum atomic E-state index is 0.883. The molecule has 19 heavy (non-hydrogen) atoms. The SMILES string of the molecule is [c]1cc2cc(Oc3ccccc3)c1-2.[c]1ccccc1. The molecule has 4 rings (SSSR count). The fourth-order valence-electron chi connectivity index (χ4n) is 1.73. The van der Waals surface area contributed by atoms with Gasteiger partial charge in [0.15, 0.2) is 0 Å². The number of hydrogen-bond acceptors (Lipinski definition) is 1. The molecule has 2 aliphatic carbocycles. The summed E-state index contributed by atoms with van der Waals surface area (Å²) in [5.41, 5.74) is 2.38. The minimum absolute atomic E-state index is 0.883. The maximum absolute atomic E-state index is 5.60. The highest BCUT2D eigenvalue weighted by molar-refractivity contribution is 5.84. The van der Waals surface area contributed by atoms with E-state index in [-0.39, 0.29) is 0 Å². The number of fused-ring (bicyclic) bond motifs is 1.